The number of aromatic nitrogens is 1. The van der Waals surface area contributed by atoms with E-state index in [1.165, 1.54) is 0 Å². The fourth-order valence-corrected chi connectivity index (χ4v) is 1.43. The standard InChI is InChI=1S/C10H5N3O7/c14-10(15)8-4-20-9(11-8)5-1-6(12(16)17)3-7(2-5)13(18)19/h1-4H,(H,14,15). The third-order valence-electron chi connectivity index (χ3n) is 2.29. The molecule has 0 aliphatic heterocycles. The maximum atomic E-state index is 10.7. The number of rotatable bonds is 4. The number of nitrogens with zero attached hydrogens (tertiary/aromatic N) is 3. The summed E-state index contributed by atoms with van der Waals surface area (Å²) in [6.07, 6.45) is 0.836. The van der Waals surface area contributed by atoms with Gasteiger partial charge in [-0.25, -0.2) is 9.78 Å². The van der Waals surface area contributed by atoms with Gasteiger partial charge in [0, 0.05) is 12.1 Å². The summed E-state index contributed by atoms with van der Waals surface area (Å²) < 4.78 is 4.84. The zero-order chi connectivity index (χ0) is 14.9. The number of carbonyl (C=O) groups is 1. The van der Waals surface area contributed by atoms with E-state index in [1.807, 2.05) is 0 Å². The van der Waals surface area contributed by atoms with Gasteiger partial charge in [-0.1, -0.05) is 0 Å². The van der Waals surface area contributed by atoms with Gasteiger partial charge in [-0.2, -0.15) is 0 Å². The quantitative estimate of drug-likeness (QED) is 0.657. The zero-order valence-corrected chi connectivity index (χ0v) is 9.55. The molecular formula is C10H5N3O7. The summed E-state index contributed by atoms with van der Waals surface area (Å²) in [5.74, 6) is -1.60. The molecule has 0 saturated heterocycles. The van der Waals surface area contributed by atoms with Gasteiger partial charge in [0.05, 0.1) is 21.5 Å². The monoisotopic (exact) mass is 279 g/mol. The fourth-order valence-electron chi connectivity index (χ4n) is 1.43. The van der Waals surface area contributed by atoms with Crippen molar-refractivity contribution < 1.29 is 24.2 Å². The molecule has 0 atom stereocenters. The minimum atomic E-state index is -1.35. The average Bonchev–Trinajstić information content (AvgIpc) is 2.87. The van der Waals surface area contributed by atoms with Crippen LogP contribution in [0.1, 0.15) is 10.5 Å². The molecule has 1 aromatic heterocycles. The van der Waals surface area contributed by atoms with Gasteiger partial charge in [0.15, 0.2) is 5.69 Å². The molecule has 2 aromatic rings. The molecule has 0 aliphatic carbocycles. The van der Waals surface area contributed by atoms with E-state index < -0.39 is 32.9 Å². The Morgan fingerprint density at radius 3 is 2.10 bits per heavy atom. The molecule has 0 bridgehead atoms. The molecule has 0 saturated carbocycles. The van der Waals surface area contributed by atoms with Crippen molar-refractivity contribution in [3.8, 4) is 11.5 Å². The Labute approximate surface area is 109 Å². The second-order valence-corrected chi connectivity index (χ2v) is 3.60. The van der Waals surface area contributed by atoms with Gasteiger partial charge >= 0.3 is 5.97 Å². The number of non-ortho nitro benzene ring substituents is 2. The smallest absolute Gasteiger partial charge is 0.357 e. The van der Waals surface area contributed by atoms with Gasteiger partial charge in [0.1, 0.15) is 6.26 Å². The lowest BCUT2D eigenvalue weighted by Gasteiger charge is -1.97. The molecule has 102 valence electrons. The number of aromatic carboxylic acids is 1. The van der Waals surface area contributed by atoms with Crippen LogP contribution in [0.3, 0.4) is 0 Å². The average molecular weight is 279 g/mol. The van der Waals surface area contributed by atoms with Crippen molar-refractivity contribution >= 4 is 17.3 Å². The third-order valence-corrected chi connectivity index (χ3v) is 2.29. The number of carboxylic acids is 1. The van der Waals surface area contributed by atoms with Crippen molar-refractivity contribution in [2.24, 2.45) is 0 Å². The Morgan fingerprint density at radius 2 is 1.70 bits per heavy atom. The number of hydrogen-bond acceptors (Lipinski definition) is 7. The zero-order valence-electron chi connectivity index (χ0n) is 9.55. The van der Waals surface area contributed by atoms with Crippen molar-refractivity contribution in [2.75, 3.05) is 0 Å². The van der Waals surface area contributed by atoms with Crippen LogP contribution in [0.15, 0.2) is 28.9 Å². The summed E-state index contributed by atoms with van der Waals surface area (Å²) in [5.41, 5.74) is -1.51. The summed E-state index contributed by atoms with van der Waals surface area (Å²) in [6.45, 7) is 0. The highest BCUT2D eigenvalue weighted by Crippen LogP contribution is 2.29. The Bertz CT molecular complexity index is 689. The summed E-state index contributed by atoms with van der Waals surface area (Å²) in [4.78, 5) is 34.0. The normalized spacial score (nSPS) is 10.2. The maximum Gasteiger partial charge on any atom is 0.357 e. The Morgan fingerprint density at radius 1 is 1.15 bits per heavy atom. The van der Waals surface area contributed by atoms with Crippen molar-refractivity contribution in [2.45, 2.75) is 0 Å². The van der Waals surface area contributed by atoms with Gasteiger partial charge in [0.2, 0.25) is 5.89 Å². The van der Waals surface area contributed by atoms with Crippen LogP contribution in [0.5, 0.6) is 0 Å². The predicted molar refractivity (Wildman–Crippen MR) is 62.2 cm³/mol. The second kappa shape index (κ2) is 4.76. The van der Waals surface area contributed by atoms with Crippen molar-refractivity contribution in [3.63, 3.8) is 0 Å². The largest absolute Gasteiger partial charge is 0.476 e. The van der Waals surface area contributed by atoms with E-state index in [9.17, 15) is 25.0 Å². The molecule has 0 unspecified atom stereocenters. The first-order valence-electron chi connectivity index (χ1n) is 5.01. The number of nitro groups is 2. The van der Waals surface area contributed by atoms with Crippen LogP contribution in [0.4, 0.5) is 11.4 Å². The number of hydrogen-bond donors (Lipinski definition) is 1. The van der Waals surface area contributed by atoms with E-state index in [-0.39, 0.29) is 11.5 Å². The van der Waals surface area contributed by atoms with Crippen LogP contribution in [0, 0.1) is 20.2 Å². The Hall–Kier alpha value is -3.30. The van der Waals surface area contributed by atoms with E-state index in [4.69, 9.17) is 9.52 Å². The van der Waals surface area contributed by atoms with Crippen LogP contribution in [0.2, 0.25) is 0 Å². The van der Waals surface area contributed by atoms with Gasteiger partial charge in [-0.3, -0.25) is 20.2 Å². The van der Waals surface area contributed by atoms with E-state index in [0.717, 1.165) is 24.5 Å². The number of nitro benzene ring substituents is 2. The topological polar surface area (TPSA) is 150 Å². The highest BCUT2D eigenvalue weighted by atomic mass is 16.6. The highest BCUT2D eigenvalue weighted by Gasteiger charge is 2.20. The Balaban J connectivity index is 2.57. The summed E-state index contributed by atoms with van der Waals surface area (Å²) in [5, 5.41) is 30.1. The molecule has 1 heterocycles. The second-order valence-electron chi connectivity index (χ2n) is 3.60. The first kappa shape index (κ1) is 13.1. The number of carboxylic acid groups (broad SMARTS) is 1. The molecule has 0 fully saturated rings. The molecule has 1 N–H and O–H groups in total. The molecule has 0 aliphatic rings. The van der Waals surface area contributed by atoms with Crippen molar-refractivity contribution in [3.05, 3.63) is 50.4 Å². The molecule has 0 radical (unpaired) electrons. The van der Waals surface area contributed by atoms with Crippen LogP contribution in [0.25, 0.3) is 11.5 Å². The van der Waals surface area contributed by atoms with Gasteiger partial charge in [0.25, 0.3) is 11.4 Å². The van der Waals surface area contributed by atoms with Gasteiger partial charge < -0.3 is 9.52 Å². The van der Waals surface area contributed by atoms with Gasteiger partial charge in [-0.05, 0) is 0 Å². The van der Waals surface area contributed by atoms with E-state index in [0.29, 0.717) is 0 Å². The van der Waals surface area contributed by atoms with Crippen LogP contribution in [-0.2, 0) is 0 Å². The van der Waals surface area contributed by atoms with Crippen LogP contribution in [-0.4, -0.2) is 25.9 Å². The first-order chi connectivity index (χ1) is 9.38. The van der Waals surface area contributed by atoms with E-state index >= 15 is 0 Å². The molecular weight excluding hydrogens is 274 g/mol. The molecule has 10 heteroatoms. The summed E-state index contributed by atoms with van der Waals surface area (Å²) >= 11 is 0. The lowest BCUT2D eigenvalue weighted by molar-refractivity contribution is -0.394. The molecule has 20 heavy (non-hydrogen) atoms. The van der Waals surface area contributed by atoms with E-state index in [2.05, 4.69) is 4.98 Å². The maximum absolute atomic E-state index is 10.7. The third kappa shape index (κ3) is 2.43. The van der Waals surface area contributed by atoms with Crippen LogP contribution >= 0.6 is 0 Å². The van der Waals surface area contributed by atoms with Crippen molar-refractivity contribution in [1.82, 2.24) is 4.98 Å². The number of benzene rings is 1. The first-order valence-corrected chi connectivity index (χ1v) is 5.01. The highest BCUT2D eigenvalue weighted by molar-refractivity contribution is 5.85. The fraction of sp³-hybridized carbons (Fsp3) is 0. The molecule has 2 rings (SSSR count). The minimum Gasteiger partial charge on any atom is -0.476 e. The van der Waals surface area contributed by atoms with Crippen molar-refractivity contribution in [1.29, 1.82) is 0 Å². The summed E-state index contributed by atoms with van der Waals surface area (Å²) in [6, 6.07) is 2.79. The van der Waals surface area contributed by atoms with Gasteiger partial charge in [-0.15, -0.1) is 0 Å². The molecule has 10 nitrogen and oxygen atoms in total. The lowest BCUT2D eigenvalue weighted by atomic mass is 10.1. The lowest BCUT2D eigenvalue weighted by Crippen LogP contribution is -1.96. The predicted octanol–water partition coefficient (Wildman–Crippen LogP) is 1.86. The molecule has 1 aromatic carbocycles. The molecule has 0 amide bonds. The van der Waals surface area contributed by atoms with E-state index in [1.54, 1.807) is 0 Å². The summed E-state index contributed by atoms with van der Waals surface area (Å²) in [7, 11) is 0. The Kier molecular flexibility index (Phi) is 3.13. The SMILES string of the molecule is O=C(O)c1coc(-c2cc([N+](=O)[O-])cc([N+](=O)[O-])c2)n1. The minimum absolute atomic E-state index is 0.0570. The van der Waals surface area contributed by atoms with Crippen LogP contribution < -0.4 is 0 Å². The molecule has 0 spiro atoms. The number of oxazole rings is 1.